The van der Waals surface area contributed by atoms with Gasteiger partial charge in [0.2, 0.25) is 15.0 Å². The van der Waals surface area contributed by atoms with Crippen LogP contribution in [0.1, 0.15) is 23.8 Å². The van der Waals surface area contributed by atoms with Gasteiger partial charge in [-0.1, -0.05) is 22.9 Å². The topological polar surface area (TPSA) is 80.5 Å². The quantitative estimate of drug-likeness (QED) is 0.693. The number of hydrogen-bond donors (Lipinski definition) is 0. The third-order valence-electron chi connectivity index (χ3n) is 4.16. The first-order chi connectivity index (χ1) is 11.5. The van der Waals surface area contributed by atoms with E-state index < -0.39 is 10.0 Å². The third-order valence-corrected chi connectivity index (χ3v) is 7.40. The zero-order valence-corrected chi connectivity index (χ0v) is 14.9. The molecule has 0 N–H and O–H groups in total. The van der Waals surface area contributed by atoms with E-state index in [0.717, 1.165) is 22.8 Å². The van der Waals surface area contributed by atoms with Crippen molar-refractivity contribution in [2.45, 2.75) is 23.7 Å². The lowest BCUT2D eigenvalue weighted by Crippen LogP contribution is -2.37. The number of hydrogen-bond acceptors (Lipinski definition) is 6. The van der Waals surface area contributed by atoms with Gasteiger partial charge in [0.1, 0.15) is 11.3 Å². The maximum absolute atomic E-state index is 12.7. The molecule has 126 valence electrons. The van der Waals surface area contributed by atoms with E-state index in [1.54, 1.807) is 35.1 Å². The fourth-order valence-electron chi connectivity index (χ4n) is 2.84. The molecule has 4 rings (SSSR count). The van der Waals surface area contributed by atoms with E-state index in [0.29, 0.717) is 18.1 Å². The van der Waals surface area contributed by atoms with Gasteiger partial charge in [-0.25, -0.2) is 8.42 Å². The predicted molar refractivity (Wildman–Crippen MR) is 90.8 cm³/mol. The Labute approximate surface area is 147 Å². The number of fused-ring (bicyclic) bond motifs is 1. The second kappa shape index (κ2) is 6.07. The Morgan fingerprint density at radius 2 is 1.88 bits per heavy atom. The fourth-order valence-corrected chi connectivity index (χ4v) is 5.42. The molecule has 3 heterocycles. The second-order valence-corrected chi connectivity index (χ2v) is 8.99. The molecule has 0 spiro atoms. The normalized spacial score (nSPS) is 17.5. The summed E-state index contributed by atoms with van der Waals surface area (Å²) in [7, 11) is -3.47. The number of benzene rings is 1. The molecule has 1 aliphatic rings. The molecule has 0 amide bonds. The predicted octanol–water partition coefficient (Wildman–Crippen LogP) is 2.41. The molecule has 24 heavy (non-hydrogen) atoms. The van der Waals surface area contributed by atoms with Crippen molar-refractivity contribution in [3.63, 3.8) is 0 Å². The summed E-state index contributed by atoms with van der Waals surface area (Å²) in [6.45, 7) is 0.964. The maximum atomic E-state index is 12.7. The van der Waals surface area contributed by atoms with E-state index in [4.69, 9.17) is 11.6 Å². The van der Waals surface area contributed by atoms with E-state index in [-0.39, 0.29) is 10.8 Å². The van der Waals surface area contributed by atoms with E-state index in [9.17, 15) is 8.42 Å². The number of aromatic nitrogens is 4. The van der Waals surface area contributed by atoms with Gasteiger partial charge in [-0.15, -0.1) is 10.2 Å². The van der Waals surface area contributed by atoms with E-state index in [1.165, 1.54) is 15.6 Å². The zero-order chi connectivity index (χ0) is 16.7. The minimum atomic E-state index is -3.47. The van der Waals surface area contributed by atoms with Crippen LogP contribution in [0.5, 0.6) is 0 Å². The first-order valence-electron chi connectivity index (χ1n) is 7.46. The smallest absolute Gasteiger partial charge is 0.207 e. The van der Waals surface area contributed by atoms with Crippen LogP contribution in [0.25, 0.3) is 4.96 Å². The van der Waals surface area contributed by atoms with Crippen LogP contribution < -0.4 is 0 Å². The summed E-state index contributed by atoms with van der Waals surface area (Å²) >= 11 is 7.35. The molecule has 1 aliphatic heterocycles. The fraction of sp³-hybridized carbons (Fsp3) is 0.357. The first-order valence-corrected chi connectivity index (χ1v) is 10.1. The minimum Gasteiger partial charge on any atom is -0.207 e. The van der Waals surface area contributed by atoms with Crippen LogP contribution in [0.2, 0.25) is 5.02 Å². The van der Waals surface area contributed by atoms with Crippen molar-refractivity contribution in [2.75, 3.05) is 13.1 Å². The lowest BCUT2D eigenvalue weighted by Gasteiger charge is -2.30. The Kier molecular flexibility index (Phi) is 4.03. The monoisotopic (exact) mass is 383 g/mol. The summed E-state index contributed by atoms with van der Waals surface area (Å²) in [6, 6.07) is 6.29. The summed E-state index contributed by atoms with van der Waals surface area (Å²) in [5.41, 5.74) is 0. The van der Waals surface area contributed by atoms with Crippen molar-refractivity contribution in [2.24, 2.45) is 0 Å². The highest BCUT2D eigenvalue weighted by Gasteiger charge is 2.31. The van der Waals surface area contributed by atoms with Gasteiger partial charge in [-0.3, -0.25) is 0 Å². The van der Waals surface area contributed by atoms with Gasteiger partial charge in [-0.05, 0) is 37.1 Å². The van der Waals surface area contributed by atoms with E-state index >= 15 is 0 Å². The SMILES string of the molecule is O=S(=O)(c1ccc(Cl)cc1)N1CCC(c2nn3cnnc3s2)CC1. The standard InChI is InChI=1S/C14H14ClN5O2S2/c15-11-1-3-12(4-2-11)24(21,22)19-7-5-10(6-8-19)13-18-20-9-16-17-14(20)23-13/h1-4,9-10H,5-8H2. The highest BCUT2D eigenvalue weighted by Crippen LogP contribution is 2.32. The van der Waals surface area contributed by atoms with Crippen LogP contribution in [0, 0.1) is 0 Å². The number of halogens is 1. The molecule has 7 nitrogen and oxygen atoms in total. The van der Waals surface area contributed by atoms with Gasteiger partial charge in [0, 0.05) is 24.0 Å². The Morgan fingerprint density at radius 1 is 1.17 bits per heavy atom. The molecule has 0 unspecified atom stereocenters. The van der Waals surface area contributed by atoms with Gasteiger partial charge < -0.3 is 0 Å². The Balaban J connectivity index is 1.49. The van der Waals surface area contributed by atoms with Gasteiger partial charge in [-0.2, -0.15) is 13.9 Å². The Bertz CT molecular complexity index is 930. The van der Waals surface area contributed by atoms with Crippen LogP contribution in [-0.2, 0) is 10.0 Å². The van der Waals surface area contributed by atoms with E-state index in [2.05, 4.69) is 15.3 Å². The molecule has 3 aromatic rings. The number of nitrogens with zero attached hydrogens (tertiary/aromatic N) is 5. The summed E-state index contributed by atoms with van der Waals surface area (Å²) < 4.78 is 28.6. The first kappa shape index (κ1) is 15.9. The average molecular weight is 384 g/mol. The molecular formula is C14H14ClN5O2S2. The Hall–Kier alpha value is -1.55. The lowest BCUT2D eigenvalue weighted by molar-refractivity contribution is 0.318. The van der Waals surface area contributed by atoms with Crippen LogP contribution in [0.3, 0.4) is 0 Å². The lowest BCUT2D eigenvalue weighted by atomic mass is 9.99. The summed E-state index contributed by atoms with van der Waals surface area (Å²) in [5, 5.41) is 13.8. The molecule has 0 bridgehead atoms. The maximum Gasteiger partial charge on any atom is 0.243 e. The average Bonchev–Trinajstić information content (AvgIpc) is 3.17. The van der Waals surface area contributed by atoms with Crippen LogP contribution in [0.15, 0.2) is 35.5 Å². The highest BCUT2D eigenvalue weighted by atomic mass is 35.5. The van der Waals surface area contributed by atoms with Crippen molar-refractivity contribution in [3.8, 4) is 0 Å². The van der Waals surface area contributed by atoms with Crippen LogP contribution >= 0.6 is 22.9 Å². The summed E-state index contributed by atoms with van der Waals surface area (Å²) in [5.74, 6) is 0.258. The Morgan fingerprint density at radius 3 is 2.54 bits per heavy atom. The van der Waals surface area contributed by atoms with Crippen molar-refractivity contribution in [3.05, 3.63) is 40.6 Å². The molecule has 1 fully saturated rings. The van der Waals surface area contributed by atoms with E-state index in [1.807, 2.05) is 0 Å². The summed E-state index contributed by atoms with van der Waals surface area (Å²) in [6.07, 6.45) is 3.07. The molecule has 2 aromatic heterocycles. The van der Waals surface area contributed by atoms with Gasteiger partial charge >= 0.3 is 0 Å². The molecule has 1 saturated heterocycles. The molecular weight excluding hydrogens is 370 g/mol. The highest BCUT2D eigenvalue weighted by molar-refractivity contribution is 7.89. The van der Waals surface area contributed by atoms with Crippen LogP contribution in [0.4, 0.5) is 0 Å². The molecule has 0 aliphatic carbocycles. The van der Waals surface area contributed by atoms with Gasteiger partial charge in [0.15, 0.2) is 0 Å². The molecule has 0 saturated carbocycles. The van der Waals surface area contributed by atoms with Crippen molar-refractivity contribution in [1.82, 2.24) is 24.1 Å². The molecule has 1 aromatic carbocycles. The summed E-state index contributed by atoms with van der Waals surface area (Å²) in [4.78, 5) is 1.05. The van der Waals surface area contributed by atoms with Crippen molar-refractivity contribution < 1.29 is 8.42 Å². The zero-order valence-electron chi connectivity index (χ0n) is 12.5. The number of sulfonamides is 1. The minimum absolute atomic E-state index is 0.258. The largest absolute Gasteiger partial charge is 0.243 e. The molecule has 0 radical (unpaired) electrons. The molecule has 10 heteroatoms. The number of piperidine rings is 1. The number of rotatable bonds is 3. The second-order valence-electron chi connectivity index (χ2n) is 5.63. The van der Waals surface area contributed by atoms with Gasteiger partial charge in [0.25, 0.3) is 0 Å². The molecule has 0 atom stereocenters. The van der Waals surface area contributed by atoms with Crippen LogP contribution in [-0.4, -0.2) is 45.6 Å². The van der Waals surface area contributed by atoms with Crippen molar-refractivity contribution >= 4 is 37.9 Å². The van der Waals surface area contributed by atoms with Gasteiger partial charge in [0.05, 0.1) is 4.90 Å². The third kappa shape index (κ3) is 2.81. The van der Waals surface area contributed by atoms with Crippen molar-refractivity contribution in [1.29, 1.82) is 0 Å².